The maximum atomic E-state index is 13.2. The third-order valence-electron chi connectivity index (χ3n) is 10.1. The van der Waals surface area contributed by atoms with Crippen LogP contribution in [-0.4, -0.2) is 153 Å². The predicted molar refractivity (Wildman–Crippen MR) is 232 cm³/mol. The zero-order chi connectivity index (χ0) is 43.9. The van der Waals surface area contributed by atoms with Crippen molar-refractivity contribution in [3.8, 4) is 5.75 Å². The molecule has 2 aromatic carbocycles. The third-order valence-corrected chi connectivity index (χ3v) is 10.1. The van der Waals surface area contributed by atoms with Gasteiger partial charge in [0.05, 0.1) is 117 Å². The van der Waals surface area contributed by atoms with Crippen molar-refractivity contribution in [3.63, 3.8) is 0 Å². The maximum Gasteiger partial charge on any atom is 0.264 e. The second-order valence-corrected chi connectivity index (χ2v) is 14.9. The van der Waals surface area contributed by atoms with Gasteiger partial charge in [-0.1, -0.05) is 63.6 Å². The van der Waals surface area contributed by atoms with Crippen molar-refractivity contribution in [2.75, 3.05) is 124 Å². The van der Waals surface area contributed by atoms with Crippen molar-refractivity contribution in [1.29, 1.82) is 0 Å². The quantitative estimate of drug-likeness (QED) is 0.0680. The van der Waals surface area contributed by atoms with Crippen LogP contribution < -0.4 is 15.4 Å². The normalized spacial score (nSPS) is 15.0. The van der Waals surface area contributed by atoms with Crippen LogP contribution >= 0.6 is 0 Å². The summed E-state index contributed by atoms with van der Waals surface area (Å²) in [7, 11) is 0. The average molecular weight is 872 g/mol. The summed E-state index contributed by atoms with van der Waals surface area (Å²) >= 11 is 0. The zero-order valence-electron chi connectivity index (χ0n) is 36.7. The van der Waals surface area contributed by atoms with Crippen molar-refractivity contribution < 1.29 is 61.8 Å². The summed E-state index contributed by atoms with van der Waals surface area (Å²) in [5.74, 6) is -1.29. The highest BCUT2D eigenvalue weighted by Gasteiger charge is 2.45. The molecule has 1 fully saturated rings. The Morgan fingerprint density at radius 1 is 0.581 bits per heavy atom. The summed E-state index contributed by atoms with van der Waals surface area (Å²) in [5, 5.41) is 5.34. The lowest BCUT2D eigenvalue weighted by Gasteiger charge is -2.27. The van der Waals surface area contributed by atoms with E-state index in [0.29, 0.717) is 125 Å². The van der Waals surface area contributed by atoms with Gasteiger partial charge in [0.15, 0.2) is 0 Å². The minimum Gasteiger partial charge on any atom is -0.491 e. The number of amides is 4. The zero-order valence-corrected chi connectivity index (χ0v) is 36.7. The number of carbonyl (C=O) groups excluding carboxylic acids is 4. The molecule has 1 unspecified atom stereocenters. The number of rotatable bonds is 38. The molecule has 2 aliphatic heterocycles. The first-order valence-electron chi connectivity index (χ1n) is 22.4. The lowest BCUT2D eigenvalue weighted by atomic mass is 10.0. The lowest BCUT2D eigenvalue weighted by Crippen LogP contribution is -2.54. The van der Waals surface area contributed by atoms with E-state index in [0.717, 1.165) is 17.1 Å². The van der Waals surface area contributed by atoms with Crippen LogP contribution in [0.4, 0.5) is 5.69 Å². The van der Waals surface area contributed by atoms with Gasteiger partial charge in [0.1, 0.15) is 18.4 Å². The van der Waals surface area contributed by atoms with E-state index in [4.69, 9.17) is 42.6 Å². The van der Waals surface area contributed by atoms with E-state index in [1.54, 1.807) is 18.2 Å². The second kappa shape index (κ2) is 31.8. The molecule has 4 amide bonds. The first kappa shape index (κ1) is 50.6. The molecule has 2 N–H and O–H groups in total. The van der Waals surface area contributed by atoms with Gasteiger partial charge in [-0.05, 0) is 49.1 Å². The van der Waals surface area contributed by atoms with Gasteiger partial charge in [-0.2, -0.15) is 0 Å². The fourth-order valence-corrected chi connectivity index (χ4v) is 6.82. The number of ether oxygens (including phenoxy) is 9. The van der Waals surface area contributed by atoms with E-state index < -0.39 is 29.7 Å². The first-order valence-corrected chi connectivity index (χ1v) is 22.4. The molecular formula is C46H69N3O13. The standard InChI is InChI=1S/C46H69N3O13/c1-2-3-4-5-6-7-8-10-37-13-15-38(16-14-37)62-36-35-61-34-33-60-32-31-59-30-29-58-28-27-57-26-25-56-24-23-55-22-21-54-20-19-47-40-12-9-11-39-43(40)46(53)49(45(39)52)41-17-18-42(50)48-44(41)51/h9,11-16,41,47H,2-8,10,17-36H2,1H3,(H,48,50,51). The number of hydrogen-bond donors (Lipinski definition) is 2. The first-order chi connectivity index (χ1) is 30.5. The molecular weight excluding hydrogens is 803 g/mol. The summed E-state index contributed by atoms with van der Waals surface area (Å²) < 4.78 is 50.2. The van der Waals surface area contributed by atoms with Crippen molar-refractivity contribution in [2.45, 2.75) is 77.2 Å². The monoisotopic (exact) mass is 871 g/mol. The molecule has 2 heterocycles. The van der Waals surface area contributed by atoms with Gasteiger partial charge >= 0.3 is 0 Å². The van der Waals surface area contributed by atoms with E-state index in [9.17, 15) is 19.2 Å². The lowest BCUT2D eigenvalue weighted by molar-refractivity contribution is -0.136. The van der Waals surface area contributed by atoms with Crippen molar-refractivity contribution in [2.24, 2.45) is 0 Å². The molecule has 0 aliphatic carbocycles. The van der Waals surface area contributed by atoms with Crippen molar-refractivity contribution in [1.82, 2.24) is 10.2 Å². The smallest absolute Gasteiger partial charge is 0.264 e. The number of imide groups is 2. The van der Waals surface area contributed by atoms with Crippen LogP contribution in [0.5, 0.6) is 5.75 Å². The number of nitrogens with zero attached hydrogens (tertiary/aromatic N) is 1. The molecule has 0 radical (unpaired) electrons. The Labute approximate surface area is 366 Å². The fraction of sp³-hybridized carbons (Fsp3) is 0.652. The molecule has 1 atom stereocenters. The fourth-order valence-electron chi connectivity index (χ4n) is 6.82. The third kappa shape index (κ3) is 19.6. The van der Waals surface area contributed by atoms with Gasteiger partial charge in [-0.25, -0.2) is 0 Å². The Kier molecular flexibility index (Phi) is 26.0. The van der Waals surface area contributed by atoms with Crippen LogP contribution in [0.3, 0.4) is 0 Å². The minimum atomic E-state index is -1.01. The number of hydrogen-bond acceptors (Lipinski definition) is 14. The number of aryl methyl sites for hydroxylation is 1. The Hall–Kier alpha value is -4.00. The molecule has 0 aromatic heterocycles. The number of fused-ring (bicyclic) bond motifs is 1. The Balaban J connectivity index is 0.831. The van der Waals surface area contributed by atoms with Crippen LogP contribution in [0.1, 0.15) is 91.0 Å². The number of benzene rings is 2. The number of carbonyl (C=O) groups is 4. The van der Waals surface area contributed by atoms with Gasteiger partial charge in [-0.15, -0.1) is 0 Å². The molecule has 4 rings (SSSR count). The van der Waals surface area contributed by atoms with E-state index in [2.05, 4.69) is 29.7 Å². The number of piperidine rings is 1. The molecule has 2 aromatic rings. The van der Waals surface area contributed by atoms with Gasteiger partial charge in [-0.3, -0.25) is 29.4 Å². The van der Waals surface area contributed by atoms with E-state index in [1.807, 2.05) is 12.1 Å². The topological polar surface area (TPSA) is 179 Å². The highest BCUT2D eigenvalue weighted by Crippen LogP contribution is 2.32. The van der Waals surface area contributed by atoms with E-state index >= 15 is 0 Å². The summed E-state index contributed by atoms with van der Waals surface area (Å²) in [6, 6.07) is 12.3. The highest BCUT2D eigenvalue weighted by atomic mass is 16.6. The van der Waals surface area contributed by atoms with E-state index in [-0.39, 0.29) is 24.0 Å². The van der Waals surface area contributed by atoms with Crippen LogP contribution in [0.15, 0.2) is 42.5 Å². The SMILES string of the molecule is CCCCCCCCCc1ccc(OCCOCCOCCOCCOCCOCCOCCOCCOCCNc2cccc3c2C(=O)N(C2CCC(=O)NC2=O)C3=O)cc1. The van der Waals surface area contributed by atoms with Gasteiger partial charge < -0.3 is 47.9 Å². The molecule has 346 valence electrons. The summed E-state index contributed by atoms with van der Waals surface area (Å²) in [6.07, 6.45) is 10.6. The molecule has 0 bridgehead atoms. The molecule has 16 heteroatoms. The van der Waals surface area contributed by atoms with Gasteiger partial charge in [0.25, 0.3) is 11.8 Å². The van der Waals surface area contributed by atoms with Crippen LogP contribution in [0, 0.1) is 0 Å². The number of unbranched alkanes of at least 4 members (excludes halogenated alkanes) is 6. The molecule has 0 spiro atoms. The Morgan fingerprint density at radius 3 is 1.61 bits per heavy atom. The van der Waals surface area contributed by atoms with Crippen LogP contribution in [0.25, 0.3) is 0 Å². The maximum absolute atomic E-state index is 13.2. The predicted octanol–water partition coefficient (Wildman–Crippen LogP) is 5.00. The van der Waals surface area contributed by atoms with Crippen molar-refractivity contribution in [3.05, 3.63) is 59.2 Å². The summed E-state index contributed by atoms with van der Waals surface area (Å²) in [5.41, 5.74) is 2.28. The number of nitrogens with one attached hydrogen (secondary N) is 2. The molecule has 0 saturated carbocycles. The number of anilines is 1. The molecule has 1 saturated heterocycles. The van der Waals surface area contributed by atoms with E-state index in [1.165, 1.54) is 50.5 Å². The molecule has 16 nitrogen and oxygen atoms in total. The minimum absolute atomic E-state index is 0.0667. The molecule has 62 heavy (non-hydrogen) atoms. The molecule has 2 aliphatic rings. The Morgan fingerprint density at radius 2 is 1.08 bits per heavy atom. The Bertz CT molecular complexity index is 1580. The summed E-state index contributed by atoms with van der Waals surface area (Å²) in [6.45, 7) is 10.4. The van der Waals surface area contributed by atoms with Crippen LogP contribution in [0.2, 0.25) is 0 Å². The van der Waals surface area contributed by atoms with Crippen LogP contribution in [-0.2, 0) is 53.9 Å². The van der Waals surface area contributed by atoms with Gasteiger partial charge in [0, 0.05) is 18.7 Å². The largest absolute Gasteiger partial charge is 0.491 e. The van der Waals surface area contributed by atoms with Crippen molar-refractivity contribution >= 4 is 29.3 Å². The second-order valence-electron chi connectivity index (χ2n) is 14.9. The average Bonchev–Trinajstić information content (AvgIpc) is 3.53. The summed E-state index contributed by atoms with van der Waals surface area (Å²) in [4.78, 5) is 50.9. The van der Waals surface area contributed by atoms with Gasteiger partial charge in [0.2, 0.25) is 11.8 Å². The highest BCUT2D eigenvalue weighted by molar-refractivity contribution is 6.25.